The SMILES string of the molecule is COCCCN(C)c1ccc(NC(=O)C2CCCN(Sc3cc(Cl)c(O)c(Cl)c3)C2)c2cccc(C=O)c12. The Morgan fingerprint density at radius 3 is 2.74 bits per heavy atom. The highest BCUT2D eigenvalue weighted by molar-refractivity contribution is 7.97. The standard InChI is InChI=1S/C28H31Cl2N3O4S/c1-32(11-5-13-37-2)25-10-9-24(21-8-3-6-19(17-34)26(21)25)31-28(36)18-7-4-12-33(16-18)38-20-14-22(29)27(35)23(30)15-20/h3,6,8-10,14-15,17-18,35H,4-5,7,11-13,16H2,1-2H3,(H,31,36). The summed E-state index contributed by atoms with van der Waals surface area (Å²) in [7, 11) is 3.67. The van der Waals surface area contributed by atoms with E-state index in [2.05, 4.69) is 14.5 Å². The highest BCUT2D eigenvalue weighted by Gasteiger charge is 2.27. The van der Waals surface area contributed by atoms with Crippen molar-refractivity contribution in [2.75, 3.05) is 50.6 Å². The zero-order valence-electron chi connectivity index (χ0n) is 21.4. The number of nitrogens with one attached hydrogen (secondary N) is 1. The second-order valence-electron chi connectivity index (χ2n) is 9.33. The smallest absolute Gasteiger partial charge is 0.228 e. The number of hydrogen-bond donors (Lipinski definition) is 2. The van der Waals surface area contributed by atoms with Crippen molar-refractivity contribution in [2.24, 2.45) is 5.92 Å². The molecule has 7 nitrogen and oxygen atoms in total. The Balaban J connectivity index is 1.52. The molecule has 4 rings (SSSR count). The first kappa shape index (κ1) is 28.5. The van der Waals surface area contributed by atoms with E-state index in [1.54, 1.807) is 25.3 Å². The van der Waals surface area contributed by atoms with Crippen LogP contribution in [0.2, 0.25) is 10.0 Å². The summed E-state index contributed by atoms with van der Waals surface area (Å²) < 4.78 is 7.30. The van der Waals surface area contributed by atoms with Crippen LogP contribution in [0.3, 0.4) is 0 Å². The predicted molar refractivity (Wildman–Crippen MR) is 156 cm³/mol. The van der Waals surface area contributed by atoms with Crippen molar-refractivity contribution in [1.82, 2.24) is 4.31 Å². The number of carbonyl (C=O) groups excluding carboxylic acids is 2. The fourth-order valence-corrected chi connectivity index (χ4v) is 6.46. The molecule has 10 heteroatoms. The number of aromatic hydroxyl groups is 1. The van der Waals surface area contributed by atoms with Crippen LogP contribution in [0.5, 0.6) is 5.75 Å². The lowest BCUT2D eigenvalue weighted by Crippen LogP contribution is -2.37. The van der Waals surface area contributed by atoms with E-state index in [-0.39, 0.29) is 27.6 Å². The second kappa shape index (κ2) is 13.0. The van der Waals surface area contributed by atoms with Gasteiger partial charge < -0.3 is 20.1 Å². The molecule has 1 unspecified atom stereocenters. The third-order valence-corrected chi connectivity index (χ3v) is 8.28. The van der Waals surface area contributed by atoms with E-state index >= 15 is 0 Å². The van der Waals surface area contributed by atoms with E-state index < -0.39 is 0 Å². The van der Waals surface area contributed by atoms with Crippen molar-refractivity contribution in [3.8, 4) is 5.75 Å². The molecule has 1 saturated heterocycles. The van der Waals surface area contributed by atoms with E-state index in [0.29, 0.717) is 24.4 Å². The Labute approximate surface area is 237 Å². The largest absolute Gasteiger partial charge is 0.505 e. The summed E-state index contributed by atoms with van der Waals surface area (Å²) in [5.41, 5.74) is 2.20. The van der Waals surface area contributed by atoms with Crippen LogP contribution in [-0.4, -0.2) is 62.0 Å². The van der Waals surface area contributed by atoms with Crippen molar-refractivity contribution >= 4 is 69.5 Å². The number of hydrogen-bond acceptors (Lipinski definition) is 7. The predicted octanol–water partition coefficient (Wildman–Crippen LogP) is 6.50. The summed E-state index contributed by atoms with van der Waals surface area (Å²) in [6.07, 6.45) is 3.36. The Bertz CT molecular complexity index is 1300. The number of methoxy groups -OCH3 is 1. The third kappa shape index (κ3) is 6.55. The average Bonchev–Trinajstić information content (AvgIpc) is 2.91. The first-order valence-electron chi connectivity index (χ1n) is 12.4. The molecule has 1 atom stereocenters. The average molecular weight is 577 g/mol. The Morgan fingerprint density at radius 1 is 1.26 bits per heavy atom. The van der Waals surface area contributed by atoms with Gasteiger partial charge in [0.2, 0.25) is 5.91 Å². The monoisotopic (exact) mass is 575 g/mol. The van der Waals surface area contributed by atoms with Crippen molar-refractivity contribution in [1.29, 1.82) is 0 Å². The number of rotatable bonds is 10. The van der Waals surface area contributed by atoms with Crippen LogP contribution >= 0.6 is 35.1 Å². The highest BCUT2D eigenvalue weighted by Crippen LogP contribution is 2.39. The Hall–Kier alpha value is -2.49. The molecule has 0 bridgehead atoms. The van der Waals surface area contributed by atoms with Crippen molar-refractivity contribution in [3.63, 3.8) is 0 Å². The quantitative estimate of drug-likeness (QED) is 0.162. The van der Waals surface area contributed by atoms with Crippen molar-refractivity contribution in [2.45, 2.75) is 24.2 Å². The van der Waals surface area contributed by atoms with Gasteiger partial charge in [0.25, 0.3) is 0 Å². The van der Waals surface area contributed by atoms with Crippen LogP contribution in [0, 0.1) is 5.92 Å². The van der Waals surface area contributed by atoms with Gasteiger partial charge in [-0.1, -0.05) is 41.4 Å². The third-order valence-electron chi connectivity index (χ3n) is 6.67. The minimum atomic E-state index is -0.208. The number of ether oxygens (including phenoxy) is 1. The van der Waals surface area contributed by atoms with Crippen LogP contribution in [0.15, 0.2) is 47.4 Å². The van der Waals surface area contributed by atoms with Gasteiger partial charge in [-0.25, -0.2) is 4.31 Å². The molecule has 3 aromatic carbocycles. The molecule has 0 aliphatic carbocycles. The van der Waals surface area contributed by atoms with Crippen LogP contribution in [0.1, 0.15) is 29.6 Å². The summed E-state index contributed by atoms with van der Waals surface area (Å²) in [6, 6.07) is 12.8. The van der Waals surface area contributed by atoms with E-state index in [1.165, 1.54) is 11.9 Å². The molecule has 0 saturated carbocycles. The fraction of sp³-hybridized carbons (Fsp3) is 0.357. The lowest BCUT2D eigenvalue weighted by atomic mass is 9.97. The zero-order valence-corrected chi connectivity index (χ0v) is 23.7. The van der Waals surface area contributed by atoms with Gasteiger partial charge in [-0.2, -0.15) is 0 Å². The fourth-order valence-electron chi connectivity index (χ4n) is 4.73. The number of amides is 1. The van der Waals surface area contributed by atoms with Gasteiger partial charge in [-0.15, -0.1) is 0 Å². The van der Waals surface area contributed by atoms with Gasteiger partial charge in [0, 0.05) is 73.0 Å². The molecule has 0 aromatic heterocycles. The normalized spacial score (nSPS) is 15.9. The molecule has 1 fully saturated rings. The number of benzene rings is 3. The highest BCUT2D eigenvalue weighted by atomic mass is 35.5. The Kier molecular flexibility index (Phi) is 9.79. The molecule has 1 aliphatic rings. The maximum atomic E-state index is 13.4. The van der Waals surface area contributed by atoms with E-state index in [0.717, 1.165) is 60.0 Å². The number of fused-ring (bicyclic) bond motifs is 1. The van der Waals surface area contributed by atoms with Gasteiger partial charge in [0.15, 0.2) is 12.0 Å². The van der Waals surface area contributed by atoms with Crippen molar-refractivity contribution in [3.05, 3.63) is 58.1 Å². The summed E-state index contributed by atoms with van der Waals surface area (Å²) in [4.78, 5) is 28.2. The molecular weight excluding hydrogens is 545 g/mol. The van der Waals surface area contributed by atoms with Crippen molar-refractivity contribution < 1.29 is 19.4 Å². The van der Waals surface area contributed by atoms with Gasteiger partial charge >= 0.3 is 0 Å². The van der Waals surface area contributed by atoms with Crippen LogP contribution in [-0.2, 0) is 9.53 Å². The maximum absolute atomic E-state index is 13.4. The lowest BCUT2D eigenvalue weighted by Gasteiger charge is -2.31. The van der Waals surface area contributed by atoms with Crippen LogP contribution in [0.4, 0.5) is 11.4 Å². The van der Waals surface area contributed by atoms with Crippen LogP contribution < -0.4 is 10.2 Å². The number of aldehydes is 1. The van der Waals surface area contributed by atoms with Gasteiger partial charge in [0.05, 0.1) is 16.0 Å². The molecule has 0 spiro atoms. The number of nitrogens with zero attached hydrogens (tertiary/aromatic N) is 2. The first-order chi connectivity index (χ1) is 18.3. The summed E-state index contributed by atoms with van der Waals surface area (Å²) in [6.45, 7) is 2.81. The maximum Gasteiger partial charge on any atom is 0.228 e. The number of anilines is 2. The minimum Gasteiger partial charge on any atom is -0.505 e. The molecule has 1 heterocycles. The van der Waals surface area contributed by atoms with Gasteiger partial charge in [0.1, 0.15) is 0 Å². The van der Waals surface area contributed by atoms with E-state index in [4.69, 9.17) is 27.9 Å². The molecule has 1 aliphatic heterocycles. The number of phenols is 1. The second-order valence-corrected chi connectivity index (χ2v) is 11.3. The molecule has 3 aromatic rings. The first-order valence-corrected chi connectivity index (χ1v) is 14.0. The summed E-state index contributed by atoms with van der Waals surface area (Å²) in [5.74, 6) is -0.401. The summed E-state index contributed by atoms with van der Waals surface area (Å²) in [5, 5.41) is 15.0. The van der Waals surface area contributed by atoms with Gasteiger partial charge in [-0.05, 0) is 55.5 Å². The minimum absolute atomic E-state index is 0.0592. The molecule has 0 radical (unpaired) electrons. The number of piperidine rings is 1. The zero-order chi connectivity index (χ0) is 27.2. The summed E-state index contributed by atoms with van der Waals surface area (Å²) >= 11 is 13.6. The molecular formula is C28H31Cl2N3O4S. The van der Waals surface area contributed by atoms with E-state index in [9.17, 15) is 14.7 Å². The molecule has 38 heavy (non-hydrogen) atoms. The topological polar surface area (TPSA) is 82.1 Å². The van der Waals surface area contributed by atoms with Crippen LogP contribution in [0.25, 0.3) is 10.8 Å². The molecule has 2 N–H and O–H groups in total. The number of halogens is 2. The molecule has 202 valence electrons. The Morgan fingerprint density at radius 2 is 2.03 bits per heavy atom. The van der Waals surface area contributed by atoms with E-state index in [1.807, 2.05) is 31.3 Å². The lowest BCUT2D eigenvalue weighted by molar-refractivity contribution is -0.120. The van der Waals surface area contributed by atoms with Gasteiger partial charge in [-0.3, -0.25) is 9.59 Å². The molecule has 1 amide bonds. The number of carbonyl (C=O) groups is 2. The number of phenolic OH excluding ortho intramolecular Hbond substituents is 1.